The van der Waals surface area contributed by atoms with E-state index in [2.05, 4.69) is 25.9 Å². The van der Waals surface area contributed by atoms with Crippen molar-refractivity contribution in [3.63, 3.8) is 0 Å². The van der Waals surface area contributed by atoms with Crippen LogP contribution in [0.5, 0.6) is 0 Å². The van der Waals surface area contributed by atoms with Crippen molar-refractivity contribution in [1.29, 1.82) is 0 Å². The molecule has 0 spiro atoms. The quantitative estimate of drug-likeness (QED) is 0.151. The summed E-state index contributed by atoms with van der Waals surface area (Å²) in [7, 11) is 0. The molecule has 3 N–H and O–H groups in total. The van der Waals surface area contributed by atoms with Crippen molar-refractivity contribution in [3.05, 3.63) is 76.1 Å². The Kier molecular flexibility index (Phi) is 15.8. The van der Waals surface area contributed by atoms with Crippen molar-refractivity contribution >= 4 is 70.6 Å². The summed E-state index contributed by atoms with van der Waals surface area (Å²) in [4.78, 5) is 75.1. The second-order valence-corrected chi connectivity index (χ2v) is 19.2. The second kappa shape index (κ2) is 20.0. The maximum absolute atomic E-state index is 15.6. The summed E-state index contributed by atoms with van der Waals surface area (Å²) in [5, 5.41) is 8.12. The van der Waals surface area contributed by atoms with Gasteiger partial charge >= 0.3 is 24.4 Å². The molecule has 2 aromatic carbocycles. The number of ether oxygens (including phenoxy) is 4. The van der Waals surface area contributed by atoms with Gasteiger partial charge in [0.25, 0.3) is 5.91 Å². The smallest absolute Gasteiger partial charge is 0.437 e. The van der Waals surface area contributed by atoms with E-state index >= 15 is 4.39 Å². The molecule has 0 saturated heterocycles. The average Bonchev–Trinajstić information content (AvgIpc) is 3.12. The normalized spacial score (nSPS) is 15.4. The van der Waals surface area contributed by atoms with Gasteiger partial charge in [-0.05, 0) is 137 Å². The van der Waals surface area contributed by atoms with Crippen LogP contribution in [0.4, 0.5) is 29.3 Å². The van der Waals surface area contributed by atoms with Crippen molar-refractivity contribution in [1.82, 2.24) is 20.4 Å². The highest BCUT2D eigenvalue weighted by Gasteiger charge is 2.27. The molecule has 0 saturated carbocycles. The van der Waals surface area contributed by atoms with Gasteiger partial charge in [-0.2, -0.15) is 0 Å². The highest BCUT2D eigenvalue weighted by Crippen LogP contribution is 2.31. The number of amides is 5. The van der Waals surface area contributed by atoms with Gasteiger partial charge < -0.3 is 34.1 Å². The highest BCUT2D eigenvalue weighted by atomic mass is 35.5. The van der Waals surface area contributed by atoms with Gasteiger partial charge in [0.1, 0.15) is 28.2 Å². The van der Waals surface area contributed by atoms with Gasteiger partial charge in [-0.3, -0.25) is 15.4 Å². The first-order valence-corrected chi connectivity index (χ1v) is 20.8. The number of nitrogens with zero attached hydrogens (tertiary/aromatic N) is 4. The summed E-state index contributed by atoms with van der Waals surface area (Å²) in [5.41, 5.74) is -0.112. The minimum atomic E-state index is -0.898. The molecule has 2 aliphatic rings. The molecule has 16 nitrogen and oxygen atoms in total. The molecular formula is C45H59ClFN7O9. The fourth-order valence-electron chi connectivity index (χ4n) is 6.04. The van der Waals surface area contributed by atoms with E-state index in [4.69, 9.17) is 30.5 Å². The van der Waals surface area contributed by atoms with Crippen LogP contribution in [0.1, 0.15) is 117 Å². The molecule has 2 aromatic rings. The number of hydrogen-bond donors (Lipinski definition) is 3. The van der Waals surface area contributed by atoms with Crippen LogP contribution in [0.25, 0.3) is 11.1 Å². The molecule has 4 rings (SSSR count). The number of carbonyl (C=O) groups excluding carboxylic acids is 5. The number of nitrogens with one attached hydrogen (secondary N) is 3. The molecular weight excluding hydrogens is 837 g/mol. The molecule has 0 aromatic heterocycles. The van der Waals surface area contributed by atoms with E-state index in [0.29, 0.717) is 36.2 Å². The zero-order valence-electron chi connectivity index (χ0n) is 38.1. The SMILES string of the molecule is CC(C)(C)OC(=O)N=C(NC(=O)OC(C)(C)C)N1CC=C(c2ccc(NC(=O)c3ccc(C4=CCN(C(=NC(=O)OC(C)(C)C)NC(=O)OC(C)(C)C)CC4)c(F)c3)c(Cl)c2)CC1. The van der Waals surface area contributed by atoms with Crippen LogP contribution in [0.2, 0.25) is 5.02 Å². The summed E-state index contributed by atoms with van der Waals surface area (Å²) >= 11 is 6.65. The standard InChI is InChI=1S/C45H59ClFN7O9/c1-42(2,3)60-38(56)49-36(50-39(57)61-43(4,5)6)53-21-17-27(18-22-53)29-14-16-34(32(46)25-29)48-35(55)30-13-15-31(33(47)26-30)28-19-23-54(24-20-28)37(51-40(58)62-44(7,8)9)52-41(59)63-45(10,11)12/h13-17,19,25-26H,18,20-24H2,1-12H3,(H,48,55)(H,49,50,56,57)(H,51,52,58,59). The Hall–Kier alpha value is -5.97. The van der Waals surface area contributed by atoms with Crippen molar-refractivity contribution < 1.29 is 47.3 Å². The number of aliphatic imine (C=N–C) groups is 2. The van der Waals surface area contributed by atoms with E-state index in [-0.39, 0.29) is 42.1 Å². The van der Waals surface area contributed by atoms with Gasteiger partial charge in [-0.15, -0.1) is 9.98 Å². The fourth-order valence-corrected chi connectivity index (χ4v) is 6.27. The number of hydrogen-bond acceptors (Lipinski definition) is 9. The number of guanidine groups is 2. The Balaban J connectivity index is 1.43. The summed E-state index contributed by atoms with van der Waals surface area (Å²) in [6, 6.07) is 9.35. The van der Waals surface area contributed by atoms with Crippen LogP contribution in [-0.2, 0) is 18.9 Å². The maximum Gasteiger partial charge on any atom is 0.437 e. The minimum Gasteiger partial charge on any atom is -0.444 e. The second-order valence-electron chi connectivity index (χ2n) is 18.8. The van der Waals surface area contributed by atoms with E-state index in [1.54, 1.807) is 117 Å². The van der Waals surface area contributed by atoms with Crippen LogP contribution in [-0.4, -0.2) is 101 Å². The molecule has 0 fully saturated rings. The lowest BCUT2D eigenvalue weighted by molar-refractivity contribution is 0.0536. The van der Waals surface area contributed by atoms with Crippen molar-refractivity contribution in [3.8, 4) is 0 Å². The van der Waals surface area contributed by atoms with Gasteiger partial charge in [0.05, 0.1) is 10.7 Å². The van der Waals surface area contributed by atoms with Gasteiger partial charge in [-0.25, -0.2) is 23.6 Å². The Morgan fingerprint density at radius 2 is 1.10 bits per heavy atom. The molecule has 2 aliphatic heterocycles. The molecule has 63 heavy (non-hydrogen) atoms. The summed E-state index contributed by atoms with van der Waals surface area (Å²) in [6.45, 7) is 21.6. The molecule has 5 amide bonds. The monoisotopic (exact) mass is 895 g/mol. The maximum atomic E-state index is 15.6. The first kappa shape index (κ1) is 49.7. The van der Waals surface area contributed by atoms with Crippen LogP contribution in [0, 0.1) is 5.82 Å². The molecule has 0 aliphatic carbocycles. The molecule has 18 heteroatoms. The zero-order valence-corrected chi connectivity index (χ0v) is 38.8. The summed E-state index contributed by atoms with van der Waals surface area (Å²) in [6.07, 6.45) is 1.15. The lowest BCUT2D eigenvalue weighted by Crippen LogP contribution is -2.48. The Labute approximate surface area is 373 Å². The lowest BCUT2D eigenvalue weighted by Gasteiger charge is -2.30. The third-order valence-corrected chi connectivity index (χ3v) is 8.90. The Morgan fingerprint density at radius 1 is 0.635 bits per heavy atom. The third-order valence-electron chi connectivity index (χ3n) is 8.59. The van der Waals surface area contributed by atoms with Gasteiger partial charge in [0, 0.05) is 37.3 Å². The molecule has 0 atom stereocenters. The molecule has 0 unspecified atom stereocenters. The van der Waals surface area contributed by atoms with E-state index in [1.807, 2.05) is 6.08 Å². The number of anilines is 1. The van der Waals surface area contributed by atoms with Crippen molar-refractivity contribution in [2.24, 2.45) is 9.98 Å². The van der Waals surface area contributed by atoms with Crippen molar-refractivity contribution in [2.45, 2.75) is 118 Å². The van der Waals surface area contributed by atoms with E-state index < -0.39 is 58.5 Å². The summed E-state index contributed by atoms with van der Waals surface area (Å²) in [5.74, 6) is -1.27. The third kappa shape index (κ3) is 16.3. The zero-order chi connectivity index (χ0) is 47.1. The lowest BCUT2D eigenvalue weighted by atomic mass is 9.97. The van der Waals surface area contributed by atoms with E-state index in [0.717, 1.165) is 17.2 Å². The first-order chi connectivity index (χ1) is 29.0. The van der Waals surface area contributed by atoms with Crippen LogP contribution < -0.4 is 16.0 Å². The van der Waals surface area contributed by atoms with E-state index in [9.17, 15) is 24.0 Å². The van der Waals surface area contributed by atoms with Gasteiger partial charge in [0.2, 0.25) is 11.9 Å². The molecule has 2 heterocycles. The fraction of sp³-hybridized carbons (Fsp3) is 0.489. The molecule has 0 radical (unpaired) electrons. The van der Waals surface area contributed by atoms with Gasteiger partial charge in [-0.1, -0.05) is 35.9 Å². The Bertz CT molecular complexity index is 2210. The number of halogens is 2. The predicted octanol–water partition coefficient (Wildman–Crippen LogP) is 9.54. The number of carbonyl (C=O) groups is 5. The van der Waals surface area contributed by atoms with E-state index in [1.165, 1.54) is 12.1 Å². The average molecular weight is 896 g/mol. The topological polar surface area (TPSA) is 190 Å². The van der Waals surface area contributed by atoms with Crippen LogP contribution in [0.3, 0.4) is 0 Å². The Morgan fingerprint density at radius 3 is 1.49 bits per heavy atom. The van der Waals surface area contributed by atoms with Crippen LogP contribution in [0.15, 0.2) is 58.5 Å². The number of alkyl carbamates (subject to hydrolysis) is 2. The molecule has 0 bridgehead atoms. The van der Waals surface area contributed by atoms with Crippen LogP contribution >= 0.6 is 11.6 Å². The number of rotatable bonds is 4. The number of benzene rings is 2. The highest BCUT2D eigenvalue weighted by molar-refractivity contribution is 6.34. The molecule has 342 valence electrons. The van der Waals surface area contributed by atoms with Gasteiger partial charge in [0.15, 0.2) is 0 Å². The summed E-state index contributed by atoms with van der Waals surface area (Å²) < 4.78 is 37.0. The minimum absolute atomic E-state index is 0.0122. The van der Waals surface area contributed by atoms with Crippen molar-refractivity contribution in [2.75, 3.05) is 31.5 Å². The first-order valence-electron chi connectivity index (χ1n) is 20.5. The largest absolute Gasteiger partial charge is 0.444 e. The predicted molar refractivity (Wildman–Crippen MR) is 240 cm³/mol.